The Balaban J connectivity index is 1.74. The van der Waals surface area contributed by atoms with Crippen LogP contribution in [0.15, 0.2) is 53.8 Å². The van der Waals surface area contributed by atoms with E-state index in [1.165, 1.54) is 23.5 Å². The lowest BCUT2D eigenvalue weighted by Crippen LogP contribution is -2.12. The Kier molecular flexibility index (Phi) is 6.14. The smallest absolute Gasteiger partial charge is 0.364 e. The molecule has 3 aromatic rings. The van der Waals surface area contributed by atoms with Crippen molar-refractivity contribution in [1.82, 2.24) is 9.97 Å². The number of thioether (sulfide) groups is 1. The molecule has 4 nitrogen and oxygen atoms in total. The van der Waals surface area contributed by atoms with Crippen LogP contribution in [0.5, 0.6) is 5.75 Å². The Morgan fingerprint density at radius 1 is 1.11 bits per heavy atom. The Hall–Kier alpha value is -2.37. The maximum absolute atomic E-state index is 12.5. The molecule has 6 heteroatoms. The summed E-state index contributed by atoms with van der Waals surface area (Å²) in [6.07, 6.45) is 1.43. The van der Waals surface area contributed by atoms with Gasteiger partial charge < -0.3 is 4.74 Å². The van der Waals surface area contributed by atoms with Crippen molar-refractivity contribution >= 4 is 29.3 Å². The molecule has 0 unspecified atom stereocenters. The van der Waals surface area contributed by atoms with Gasteiger partial charge in [0.2, 0.25) is 0 Å². The van der Waals surface area contributed by atoms with Gasteiger partial charge in [-0.1, -0.05) is 59.3 Å². The number of ether oxygens (including phenoxy) is 1. The van der Waals surface area contributed by atoms with Crippen LogP contribution in [-0.2, 0) is 5.75 Å². The summed E-state index contributed by atoms with van der Waals surface area (Å²) >= 11 is 7.56. The van der Waals surface area contributed by atoms with Gasteiger partial charge in [-0.25, -0.2) is 14.8 Å². The SMILES string of the molecule is Cc1cccc(CSc2ncc(Cl)c(C(=O)Oc3ccc(C)c(C)c3)n2)c1. The minimum Gasteiger partial charge on any atom is -0.422 e. The Labute approximate surface area is 168 Å². The van der Waals surface area contributed by atoms with Crippen LogP contribution >= 0.6 is 23.4 Å². The summed E-state index contributed by atoms with van der Waals surface area (Å²) in [5, 5.41) is 0.650. The quantitative estimate of drug-likeness (QED) is 0.243. The highest BCUT2D eigenvalue weighted by Crippen LogP contribution is 2.24. The molecule has 0 aliphatic carbocycles. The highest BCUT2D eigenvalue weighted by atomic mass is 35.5. The van der Waals surface area contributed by atoms with Crippen LogP contribution in [0.1, 0.15) is 32.7 Å². The van der Waals surface area contributed by atoms with Gasteiger partial charge in [-0.15, -0.1) is 0 Å². The predicted molar refractivity (Wildman–Crippen MR) is 109 cm³/mol. The lowest BCUT2D eigenvalue weighted by atomic mass is 10.1. The molecule has 0 N–H and O–H groups in total. The first-order valence-electron chi connectivity index (χ1n) is 8.42. The van der Waals surface area contributed by atoms with Gasteiger partial charge in [-0.2, -0.15) is 0 Å². The molecule has 0 saturated heterocycles. The van der Waals surface area contributed by atoms with Gasteiger partial charge in [-0.3, -0.25) is 0 Å². The molecule has 27 heavy (non-hydrogen) atoms. The van der Waals surface area contributed by atoms with Gasteiger partial charge >= 0.3 is 5.97 Å². The third-order valence-corrected chi connectivity index (χ3v) is 5.26. The van der Waals surface area contributed by atoms with E-state index in [-0.39, 0.29) is 10.7 Å². The standard InChI is InChI=1S/C21H19ClN2O2S/c1-13-5-4-6-16(9-13)12-27-21-23-11-18(22)19(24-21)20(25)26-17-8-7-14(2)15(3)10-17/h4-11H,12H2,1-3H3. The minimum atomic E-state index is -0.594. The number of carbonyl (C=O) groups is 1. The highest BCUT2D eigenvalue weighted by Gasteiger charge is 2.17. The molecule has 2 aromatic carbocycles. The molecule has 1 aromatic heterocycles. The Morgan fingerprint density at radius 2 is 1.93 bits per heavy atom. The first-order valence-corrected chi connectivity index (χ1v) is 9.79. The van der Waals surface area contributed by atoms with Crippen molar-refractivity contribution in [2.45, 2.75) is 31.7 Å². The van der Waals surface area contributed by atoms with E-state index in [2.05, 4.69) is 16.0 Å². The number of hydrogen-bond acceptors (Lipinski definition) is 5. The lowest BCUT2D eigenvalue weighted by Gasteiger charge is -2.08. The summed E-state index contributed by atoms with van der Waals surface area (Å²) in [6, 6.07) is 13.7. The van der Waals surface area contributed by atoms with E-state index >= 15 is 0 Å². The Morgan fingerprint density at radius 3 is 2.67 bits per heavy atom. The largest absolute Gasteiger partial charge is 0.422 e. The second-order valence-corrected chi connectivity index (χ2v) is 7.61. The first kappa shape index (κ1) is 19.4. The Bertz CT molecular complexity index is 992. The lowest BCUT2D eigenvalue weighted by molar-refractivity contribution is 0.0727. The van der Waals surface area contributed by atoms with E-state index in [1.807, 2.05) is 51.1 Å². The van der Waals surface area contributed by atoms with E-state index in [0.717, 1.165) is 16.7 Å². The molecular formula is C21H19ClN2O2S. The number of halogens is 1. The summed E-state index contributed by atoms with van der Waals surface area (Å²) in [6.45, 7) is 6.01. The highest BCUT2D eigenvalue weighted by molar-refractivity contribution is 7.98. The zero-order valence-electron chi connectivity index (χ0n) is 15.3. The number of rotatable bonds is 5. The normalized spacial score (nSPS) is 10.7. The predicted octanol–water partition coefficient (Wildman–Crippen LogP) is 5.57. The van der Waals surface area contributed by atoms with Crippen LogP contribution in [0.25, 0.3) is 0 Å². The van der Waals surface area contributed by atoms with E-state index in [9.17, 15) is 4.79 Å². The second kappa shape index (κ2) is 8.55. The molecule has 0 amide bonds. The van der Waals surface area contributed by atoms with E-state index in [0.29, 0.717) is 16.7 Å². The van der Waals surface area contributed by atoms with Gasteiger partial charge in [0.15, 0.2) is 10.9 Å². The third-order valence-electron chi connectivity index (χ3n) is 4.05. The minimum absolute atomic E-state index is 0.0663. The zero-order valence-corrected chi connectivity index (χ0v) is 16.9. The zero-order chi connectivity index (χ0) is 19.4. The summed E-state index contributed by atoms with van der Waals surface area (Å²) in [4.78, 5) is 21.0. The van der Waals surface area contributed by atoms with Crippen LogP contribution in [0.3, 0.4) is 0 Å². The van der Waals surface area contributed by atoms with Crippen molar-refractivity contribution in [3.63, 3.8) is 0 Å². The average Bonchev–Trinajstić information content (AvgIpc) is 2.64. The van der Waals surface area contributed by atoms with Crippen LogP contribution in [0, 0.1) is 20.8 Å². The number of hydrogen-bond donors (Lipinski definition) is 0. The van der Waals surface area contributed by atoms with E-state index in [4.69, 9.17) is 16.3 Å². The molecule has 0 radical (unpaired) electrons. The number of benzene rings is 2. The van der Waals surface area contributed by atoms with Gasteiger partial charge in [0, 0.05) is 5.75 Å². The summed E-state index contributed by atoms with van der Waals surface area (Å²) < 4.78 is 5.43. The number of carbonyl (C=O) groups excluding carboxylic acids is 1. The van der Waals surface area contributed by atoms with E-state index in [1.54, 1.807) is 6.07 Å². The van der Waals surface area contributed by atoms with Gasteiger partial charge in [-0.05, 0) is 49.6 Å². The summed E-state index contributed by atoms with van der Waals surface area (Å²) in [5.41, 5.74) is 4.60. The van der Waals surface area contributed by atoms with Gasteiger partial charge in [0.25, 0.3) is 0 Å². The maximum Gasteiger partial charge on any atom is 0.364 e. The summed E-state index contributed by atoms with van der Waals surface area (Å²) in [7, 11) is 0. The molecule has 0 fully saturated rings. The maximum atomic E-state index is 12.5. The van der Waals surface area contributed by atoms with Crippen molar-refractivity contribution in [2.24, 2.45) is 0 Å². The molecule has 3 rings (SSSR count). The van der Waals surface area contributed by atoms with Crippen molar-refractivity contribution in [1.29, 1.82) is 0 Å². The molecule has 138 valence electrons. The topological polar surface area (TPSA) is 52.1 Å². The second-order valence-electron chi connectivity index (χ2n) is 6.26. The third kappa shape index (κ3) is 5.08. The van der Waals surface area contributed by atoms with Crippen LogP contribution in [0.2, 0.25) is 5.02 Å². The van der Waals surface area contributed by atoms with Crippen molar-refractivity contribution in [3.05, 3.63) is 81.6 Å². The fourth-order valence-corrected chi connectivity index (χ4v) is 3.37. The molecule has 0 bridgehead atoms. The van der Waals surface area contributed by atoms with Crippen molar-refractivity contribution < 1.29 is 9.53 Å². The number of nitrogens with zero attached hydrogens (tertiary/aromatic N) is 2. The molecule has 0 saturated carbocycles. The van der Waals surface area contributed by atoms with Crippen LogP contribution < -0.4 is 4.74 Å². The number of esters is 1. The summed E-state index contributed by atoms with van der Waals surface area (Å²) in [5.74, 6) is 0.574. The van der Waals surface area contributed by atoms with Crippen LogP contribution in [-0.4, -0.2) is 15.9 Å². The molecule has 0 spiro atoms. The van der Waals surface area contributed by atoms with E-state index < -0.39 is 5.97 Å². The number of aryl methyl sites for hydroxylation is 3. The molecular weight excluding hydrogens is 380 g/mol. The number of aromatic nitrogens is 2. The fraction of sp³-hybridized carbons (Fsp3) is 0.190. The fourth-order valence-electron chi connectivity index (χ4n) is 2.45. The van der Waals surface area contributed by atoms with Crippen molar-refractivity contribution in [3.8, 4) is 5.75 Å². The van der Waals surface area contributed by atoms with Gasteiger partial charge in [0.1, 0.15) is 5.75 Å². The average molecular weight is 399 g/mol. The first-order chi connectivity index (χ1) is 12.9. The van der Waals surface area contributed by atoms with Crippen LogP contribution in [0.4, 0.5) is 0 Å². The van der Waals surface area contributed by atoms with Crippen molar-refractivity contribution in [2.75, 3.05) is 0 Å². The molecule has 0 aliphatic rings. The molecule has 0 atom stereocenters. The monoisotopic (exact) mass is 398 g/mol. The molecule has 0 aliphatic heterocycles. The molecule has 1 heterocycles. The van der Waals surface area contributed by atoms with Gasteiger partial charge in [0.05, 0.1) is 11.2 Å².